The van der Waals surface area contributed by atoms with E-state index in [9.17, 15) is 9.50 Å². The molecule has 2 aromatic rings. The summed E-state index contributed by atoms with van der Waals surface area (Å²) in [5.74, 6) is -0.334. The largest absolute Gasteiger partial charge is 0.494 e. The summed E-state index contributed by atoms with van der Waals surface area (Å²) < 4.78 is 19.4. The fraction of sp³-hybridized carbons (Fsp3) is 0.200. The van der Waals surface area contributed by atoms with Crippen LogP contribution in [0.5, 0.6) is 5.75 Å². The Labute approximate surface area is 120 Å². The van der Waals surface area contributed by atoms with Gasteiger partial charge in [0.05, 0.1) is 7.11 Å². The molecule has 0 aliphatic rings. The summed E-state index contributed by atoms with van der Waals surface area (Å²) in [4.78, 5) is 0. The van der Waals surface area contributed by atoms with E-state index in [1.807, 2.05) is 18.2 Å². The number of benzene rings is 2. The third-order valence-corrected chi connectivity index (χ3v) is 3.80. The minimum Gasteiger partial charge on any atom is -0.494 e. The molecular weight excluding hydrogens is 311 g/mol. The Balaban J connectivity index is 2.50. The van der Waals surface area contributed by atoms with Crippen LogP contribution in [-0.2, 0) is 5.60 Å². The molecule has 0 bridgehead atoms. The number of hydrogen-bond donors (Lipinski definition) is 1. The van der Waals surface area contributed by atoms with E-state index in [1.54, 1.807) is 19.1 Å². The van der Waals surface area contributed by atoms with Gasteiger partial charge in [0.1, 0.15) is 5.60 Å². The molecule has 0 fully saturated rings. The highest BCUT2D eigenvalue weighted by Crippen LogP contribution is 2.35. The Hall–Kier alpha value is -1.39. The zero-order valence-corrected chi connectivity index (χ0v) is 12.2. The van der Waals surface area contributed by atoms with Crippen molar-refractivity contribution in [1.82, 2.24) is 0 Å². The quantitative estimate of drug-likeness (QED) is 0.929. The Morgan fingerprint density at radius 2 is 1.89 bits per heavy atom. The maximum Gasteiger partial charge on any atom is 0.165 e. The lowest BCUT2D eigenvalue weighted by atomic mass is 9.88. The molecule has 1 N–H and O–H groups in total. The number of rotatable bonds is 3. The van der Waals surface area contributed by atoms with Crippen LogP contribution in [-0.4, -0.2) is 12.2 Å². The van der Waals surface area contributed by atoms with Gasteiger partial charge < -0.3 is 9.84 Å². The van der Waals surface area contributed by atoms with Gasteiger partial charge in [0.25, 0.3) is 0 Å². The lowest BCUT2D eigenvalue weighted by Crippen LogP contribution is -2.23. The summed E-state index contributed by atoms with van der Waals surface area (Å²) in [6, 6.07) is 11.8. The lowest BCUT2D eigenvalue weighted by Gasteiger charge is -2.26. The van der Waals surface area contributed by atoms with Gasteiger partial charge in [-0.1, -0.05) is 40.2 Å². The summed E-state index contributed by atoms with van der Waals surface area (Å²) in [7, 11) is 1.41. The highest BCUT2D eigenvalue weighted by molar-refractivity contribution is 9.10. The molecule has 1 unspecified atom stereocenters. The predicted octanol–water partition coefficient (Wildman–Crippen LogP) is 3.85. The minimum absolute atomic E-state index is 0.159. The first kappa shape index (κ1) is 14.0. The molecule has 19 heavy (non-hydrogen) atoms. The second-order valence-corrected chi connectivity index (χ2v) is 5.26. The first-order valence-corrected chi connectivity index (χ1v) is 6.57. The maximum absolute atomic E-state index is 13.7. The minimum atomic E-state index is -1.28. The normalized spacial score (nSPS) is 13.9. The van der Waals surface area contributed by atoms with Crippen molar-refractivity contribution in [2.75, 3.05) is 7.11 Å². The zero-order chi connectivity index (χ0) is 14.0. The van der Waals surface area contributed by atoms with Crippen molar-refractivity contribution in [2.24, 2.45) is 0 Å². The first-order chi connectivity index (χ1) is 8.96. The van der Waals surface area contributed by atoms with Gasteiger partial charge in [-0.2, -0.15) is 0 Å². The average molecular weight is 325 g/mol. The zero-order valence-electron chi connectivity index (χ0n) is 10.7. The fourth-order valence-corrected chi connectivity index (χ4v) is 2.65. The summed E-state index contributed by atoms with van der Waals surface area (Å²) >= 11 is 3.40. The van der Waals surface area contributed by atoms with E-state index in [0.717, 1.165) is 4.47 Å². The average Bonchev–Trinajstić information content (AvgIpc) is 2.39. The molecule has 2 nitrogen and oxygen atoms in total. The van der Waals surface area contributed by atoms with Gasteiger partial charge in [-0.3, -0.25) is 0 Å². The molecule has 2 aromatic carbocycles. The highest BCUT2D eigenvalue weighted by atomic mass is 79.9. The monoisotopic (exact) mass is 324 g/mol. The van der Waals surface area contributed by atoms with E-state index >= 15 is 0 Å². The molecule has 0 heterocycles. The van der Waals surface area contributed by atoms with Crippen molar-refractivity contribution in [3.05, 3.63) is 63.9 Å². The smallest absolute Gasteiger partial charge is 0.165 e. The van der Waals surface area contributed by atoms with Gasteiger partial charge in [0, 0.05) is 10.0 Å². The Morgan fingerprint density at radius 1 is 1.21 bits per heavy atom. The van der Waals surface area contributed by atoms with Crippen molar-refractivity contribution >= 4 is 15.9 Å². The van der Waals surface area contributed by atoms with E-state index in [-0.39, 0.29) is 5.75 Å². The van der Waals surface area contributed by atoms with Crippen LogP contribution in [0.1, 0.15) is 18.1 Å². The van der Waals surface area contributed by atoms with Crippen LogP contribution in [0.3, 0.4) is 0 Å². The van der Waals surface area contributed by atoms with Crippen LogP contribution in [0.2, 0.25) is 0 Å². The third kappa shape index (κ3) is 2.65. The predicted molar refractivity (Wildman–Crippen MR) is 75.8 cm³/mol. The molecule has 0 aliphatic carbocycles. The molecule has 4 heteroatoms. The molecule has 2 rings (SSSR count). The van der Waals surface area contributed by atoms with E-state index in [0.29, 0.717) is 11.1 Å². The highest BCUT2D eigenvalue weighted by Gasteiger charge is 2.28. The molecule has 0 saturated heterocycles. The van der Waals surface area contributed by atoms with Crippen LogP contribution in [0, 0.1) is 5.82 Å². The van der Waals surface area contributed by atoms with Crippen molar-refractivity contribution in [3.63, 3.8) is 0 Å². The standard InChI is InChI=1S/C15H14BrFO2/c1-15(18,11-5-3-4-6-12(11)16)10-7-8-14(19-2)13(17)9-10/h3-9,18H,1-2H3. The molecule has 0 radical (unpaired) electrons. The molecule has 0 aromatic heterocycles. The second-order valence-electron chi connectivity index (χ2n) is 4.40. The van der Waals surface area contributed by atoms with Gasteiger partial charge in [-0.15, -0.1) is 0 Å². The summed E-state index contributed by atoms with van der Waals surface area (Å²) in [5.41, 5.74) is -0.134. The van der Waals surface area contributed by atoms with Gasteiger partial charge in [0.15, 0.2) is 11.6 Å². The maximum atomic E-state index is 13.7. The van der Waals surface area contributed by atoms with Gasteiger partial charge >= 0.3 is 0 Å². The Kier molecular flexibility index (Phi) is 3.92. The van der Waals surface area contributed by atoms with Crippen molar-refractivity contribution in [3.8, 4) is 5.75 Å². The lowest BCUT2D eigenvalue weighted by molar-refractivity contribution is 0.101. The van der Waals surface area contributed by atoms with Gasteiger partial charge in [-0.25, -0.2) is 4.39 Å². The molecular formula is C15H14BrFO2. The van der Waals surface area contributed by atoms with Crippen LogP contribution in [0.4, 0.5) is 4.39 Å². The van der Waals surface area contributed by atoms with Crippen LogP contribution in [0.15, 0.2) is 46.9 Å². The summed E-state index contributed by atoms with van der Waals surface area (Å²) in [6.07, 6.45) is 0. The Bertz CT molecular complexity index is 596. The topological polar surface area (TPSA) is 29.5 Å². The molecule has 0 amide bonds. The van der Waals surface area contributed by atoms with Crippen LogP contribution >= 0.6 is 15.9 Å². The van der Waals surface area contributed by atoms with Crippen LogP contribution in [0.25, 0.3) is 0 Å². The number of methoxy groups -OCH3 is 1. The summed E-state index contributed by atoms with van der Waals surface area (Å²) in [6.45, 7) is 1.63. The SMILES string of the molecule is COc1ccc(C(C)(O)c2ccccc2Br)cc1F. The molecule has 1 atom stereocenters. The third-order valence-electron chi connectivity index (χ3n) is 3.11. The van der Waals surface area contributed by atoms with E-state index in [2.05, 4.69) is 15.9 Å². The van der Waals surface area contributed by atoms with Crippen LogP contribution < -0.4 is 4.74 Å². The van der Waals surface area contributed by atoms with Crippen molar-refractivity contribution in [1.29, 1.82) is 0 Å². The molecule has 0 aliphatic heterocycles. The van der Waals surface area contributed by atoms with E-state index < -0.39 is 11.4 Å². The number of aliphatic hydroxyl groups is 1. The second kappa shape index (κ2) is 5.31. The number of halogens is 2. The van der Waals surface area contributed by atoms with Crippen molar-refractivity contribution < 1.29 is 14.2 Å². The number of ether oxygens (including phenoxy) is 1. The van der Waals surface area contributed by atoms with Gasteiger partial charge in [-0.05, 0) is 30.7 Å². The molecule has 100 valence electrons. The molecule has 0 spiro atoms. The summed E-state index contributed by atoms with van der Waals surface area (Å²) in [5, 5.41) is 10.7. The first-order valence-electron chi connectivity index (χ1n) is 5.78. The van der Waals surface area contributed by atoms with E-state index in [4.69, 9.17) is 4.74 Å². The fourth-order valence-electron chi connectivity index (χ4n) is 1.98. The van der Waals surface area contributed by atoms with Crippen molar-refractivity contribution in [2.45, 2.75) is 12.5 Å². The molecule has 0 saturated carbocycles. The van der Waals surface area contributed by atoms with Gasteiger partial charge in [0.2, 0.25) is 0 Å². The Morgan fingerprint density at radius 3 is 2.47 bits per heavy atom. The van der Waals surface area contributed by atoms with E-state index in [1.165, 1.54) is 19.2 Å². The number of hydrogen-bond acceptors (Lipinski definition) is 2.